The van der Waals surface area contributed by atoms with Gasteiger partial charge in [-0.1, -0.05) is 0 Å². The lowest BCUT2D eigenvalue weighted by atomic mass is 10.2. The third-order valence-electron chi connectivity index (χ3n) is 1.92. The predicted octanol–water partition coefficient (Wildman–Crippen LogP) is 1.67. The molecule has 2 nitrogen and oxygen atoms in total. The third-order valence-corrected chi connectivity index (χ3v) is 1.92. The van der Waals surface area contributed by atoms with Crippen LogP contribution in [0.1, 0.15) is 12.1 Å². The summed E-state index contributed by atoms with van der Waals surface area (Å²) in [7, 11) is 2.07. The fraction of sp³-hybridized carbons (Fsp3) is 0.375. The van der Waals surface area contributed by atoms with Gasteiger partial charge in [-0.25, -0.2) is 0 Å². The second-order valence-corrected chi connectivity index (χ2v) is 2.61. The molecule has 0 spiro atoms. The van der Waals surface area contributed by atoms with Crippen LogP contribution in [0, 0.1) is 0 Å². The van der Waals surface area contributed by atoms with Crippen molar-refractivity contribution in [1.82, 2.24) is 4.57 Å². The van der Waals surface area contributed by atoms with Gasteiger partial charge in [0.2, 0.25) is 0 Å². The second kappa shape index (κ2) is 1.97. The average Bonchev–Trinajstić information content (AvgIpc) is 2.34. The highest BCUT2D eigenvalue weighted by molar-refractivity contribution is 5.67. The average molecular weight is 134 g/mol. The molecule has 2 heteroatoms. The first-order valence-corrected chi connectivity index (χ1v) is 3.54. The molecule has 0 unspecified atom stereocenters. The molecular weight excluding hydrogens is 124 g/mol. The minimum atomic E-state index is 1.09. The lowest BCUT2D eigenvalue weighted by Gasteiger charge is -2.06. The zero-order valence-electron chi connectivity index (χ0n) is 6.04. The van der Waals surface area contributed by atoms with Crippen LogP contribution in [-0.2, 0) is 13.5 Å². The van der Waals surface area contributed by atoms with Gasteiger partial charge in [0.1, 0.15) is 0 Å². The van der Waals surface area contributed by atoms with E-state index in [4.69, 9.17) is 0 Å². The smallest absolute Gasteiger partial charge is 0.0834 e. The van der Waals surface area contributed by atoms with Crippen LogP contribution in [0.25, 0.3) is 0 Å². The summed E-state index contributed by atoms with van der Waals surface area (Å²) < 4.78 is 2.14. The Kier molecular flexibility index (Phi) is 1.13. The largest absolute Gasteiger partial charge is 0.353 e. The van der Waals surface area contributed by atoms with Crippen LogP contribution in [0.4, 0.5) is 5.69 Å². The summed E-state index contributed by atoms with van der Waals surface area (Å²) in [5.74, 6) is 0. The summed E-state index contributed by atoms with van der Waals surface area (Å²) in [6.45, 7) is 0. The van der Waals surface area contributed by atoms with Gasteiger partial charge in [0.05, 0.1) is 5.69 Å². The van der Waals surface area contributed by atoms with E-state index < -0.39 is 0 Å². The number of aromatic nitrogens is 1. The SMILES string of the molecule is Cn1ccc2c1CCC=N2. The van der Waals surface area contributed by atoms with Crippen LogP contribution in [0.5, 0.6) is 0 Å². The van der Waals surface area contributed by atoms with E-state index in [0.717, 1.165) is 18.5 Å². The first kappa shape index (κ1) is 5.71. The maximum Gasteiger partial charge on any atom is 0.0834 e. The van der Waals surface area contributed by atoms with E-state index >= 15 is 0 Å². The van der Waals surface area contributed by atoms with Gasteiger partial charge in [-0.2, -0.15) is 0 Å². The predicted molar refractivity (Wildman–Crippen MR) is 41.9 cm³/mol. The Morgan fingerprint density at radius 2 is 2.50 bits per heavy atom. The molecule has 0 aliphatic carbocycles. The zero-order valence-corrected chi connectivity index (χ0v) is 6.04. The van der Waals surface area contributed by atoms with E-state index in [1.807, 2.05) is 6.21 Å². The summed E-state index contributed by atoms with van der Waals surface area (Å²) in [6.07, 6.45) is 6.28. The van der Waals surface area contributed by atoms with Gasteiger partial charge in [-0.3, -0.25) is 4.99 Å². The van der Waals surface area contributed by atoms with E-state index in [9.17, 15) is 0 Å². The number of aliphatic imine (C=N–C) groups is 1. The Morgan fingerprint density at radius 1 is 1.60 bits per heavy atom. The quantitative estimate of drug-likeness (QED) is 0.513. The molecule has 1 aromatic heterocycles. The van der Waals surface area contributed by atoms with E-state index in [2.05, 4.69) is 28.9 Å². The van der Waals surface area contributed by atoms with Crippen molar-refractivity contribution in [1.29, 1.82) is 0 Å². The number of rotatable bonds is 0. The maximum absolute atomic E-state index is 4.27. The molecule has 1 aliphatic rings. The first-order valence-electron chi connectivity index (χ1n) is 3.54. The Morgan fingerprint density at radius 3 is 3.30 bits per heavy atom. The van der Waals surface area contributed by atoms with Crippen molar-refractivity contribution in [3.8, 4) is 0 Å². The first-order chi connectivity index (χ1) is 4.88. The second-order valence-electron chi connectivity index (χ2n) is 2.61. The van der Waals surface area contributed by atoms with Crippen LogP contribution in [0.3, 0.4) is 0 Å². The normalized spacial score (nSPS) is 15.3. The molecular formula is C8H10N2. The standard InChI is InChI=1S/C8H10N2/c1-10-6-4-7-8(10)3-2-5-9-7/h4-6H,2-3H2,1H3. The molecule has 10 heavy (non-hydrogen) atoms. The molecule has 1 aromatic rings. The molecule has 0 N–H and O–H groups in total. The molecule has 1 aliphatic heterocycles. The van der Waals surface area contributed by atoms with Gasteiger partial charge in [0.15, 0.2) is 0 Å². The minimum absolute atomic E-state index is 1.09. The summed E-state index contributed by atoms with van der Waals surface area (Å²) in [5.41, 5.74) is 2.51. The summed E-state index contributed by atoms with van der Waals surface area (Å²) >= 11 is 0. The summed E-state index contributed by atoms with van der Waals surface area (Å²) in [5, 5.41) is 0. The van der Waals surface area contributed by atoms with E-state index in [0.29, 0.717) is 0 Å². The van der Waals surface area contributed by atoms with Crippen molar-refractivity contribution in [2.24, 2.45) is 12.0 Å². The lowest BCUT2D eigenvalue weighted by Crippen LogP contribution is -1.98. The molecule has 0 radical (unpaired) electrons. The fourth-order valence-electron chi connectivity index (χ4n) is 1.34. The van der Waals surface area contributed by atoms with Gasteiger partial charge in [0.25, 0.3) is 0 Å². The van der Waals surface area contributed by atoms with Crippen LogP contribution in [-0.4, -0.2) is 10.8 Å². The molecule has 0 atom stereocenters. The summed E-state index contributed by atoms with van der Waals surface area (Å²) in [4.78, 5) is 4.27. The van der Waals surface area contributed by atoms with Gasteiger partial charge in [0, 0.05) is 25.2 Å². The number of hydrogen-bond donors (Lipinski definition) is 0. The molecule has 2 rings (SSSR count). The fourth-order valence-corrected chi connectivity index (χ4v) is 1.34. The molecule has 0 bridgehead atoms. The van der Waals surface area contributed by atoms with Gasteiger partial charge >= 0.3 is 0 Å². The monoisotopic (exact) mass is 134 g/mol. The van der Waals surface area contributed by atoms with Gasteiger partial charge < -0.3 is 4.57 Å². The molecule has 2 heterocycles. The number of nitrogens with zero attached hydrogens (tertiary/aromatic N) is 2. The van der Waals surface area contributed by atoms with Crippen LogP contribution >= 0.6 is 0 Å². The molecule has 52 valence electrons. The third kappa shape index (κ3) is 0.685. The van der Waals surface area contributed by atoms with Crippen molar-refractivity contribution >= 4 is 11.9 Å². The Balaban J connectivity index is 2.57. The topological polar surface area (TPSA) is 17.3 Å². The van der Waals surface area contributed by atoms with Crippen molar-refractivity contribution in [2.45, 2.75) is 12.8 Å². The van der Waals surface area contributed by atoms with Crippen molar-refractivity contribution in [3.05, 3.63) is 18.0 Å². The van der Waals surface area contributed by atoms with E-state index in [1.165, 1.54) is 5.69 Å². The van der Waals surface area contributed by atoms with Crippen molar-refractivity contribution in [2.75, 3.05) is 0 Å². The maximum atomic E-state index is 4.27. The molecule has 0 saturated carbocycles. The lowest BCUT2D eigenvalue weighted by molar-refractivity contribution is 0.816. The van der Waals surface area contributed by atoms with Crippen LogP contribution < -0.4 is 0 Å². The van der Waals surface area contributed by atoms with Crippen LogP contribution in [0.15, 0.2) is 17.3 Å². The molecule has 0 aromatic carbocycles. The van der Waals surface area contributed by atoms with E-state index in [1.54, 1.807) is 0 Å². The van der Waals surface area contributed by atoms with Gasteiger partial charge in [-0.15, -0.1) is 0 Å². The van der Waals surface area contributed by atoms with Crippen molar-refractivity contribution in [3.63, 3.8) is 0 Å². The number of aryl methyl sites for hydroxylation is 1. The Hall–Kier alpha value is -1.05. The number of fused-ring (bicyclic) bond motifs is 1. The highest BCUT2D eigenvalue weighted by Crippen LogP contribution is 2.23. The minimum Gasteiger partial charge on any atom is -0.353 e. The highest BCUT2D eigenvalue weighted by Gasteiger charge is 2.07. The highest BCUT2D eigenvalue weighted by atomic mass is 15.0. The Bertz CT molecular complexity index is 271. The Labute approximate surface area is 60.2 Å². The summed E-state index contributed by atoms with van der Waals surface area (Å²) in [6, 6.07) is 2.06. The van der Waals surface area contributed by atoms with Crippen LogP contribution in [0.2, 0.25) is 0 Å². The molecule has 0 saturated heterocycles. The van der Waals surface area contributed by atoms with Crippen molar-refractivity contribution < 1.29 is 0 Å². The number of hydrogen-bond acceptors (Lipinski definition) is 1. The zero-order chi connectivity index (χ0) is 6.97. The molecule has 0 fully saturated rings. The van der Waals surface area contributed by atoms with E-state index in [-0.39, 0.29) is 0 Å². The molecule has 0 amide bonds. The van der Waals surface area contributed by atoms with Gasteiger partial charge in [-0.05, 0) is 18.9 Å².